The van der Waals surface area contributed by atoms with Gasteiger partial charge in [-0.3, -0.25) is 4.79 Å². The number of anilines is 1. The third-order valence-electron chi connectivity index (χ3n) is 5.31. The second kappa shape index (κ2) is 12.2. The number of esters is 1. The molecule has 0 aliphatic carbocycles. The largest absolute Gasteiger partial charge is 0.469 e. The molecule has 0 spiro atoms. The first-order valence-corrected chi connectivity index (χ1v) is 12.9. The van der Waals surface area contributed by atoms with Gasteiger partial charge in [-0.05, 0) is 36.6 Å². The second-order valence-corrected chi connectivity index (χ2v) is 10.5. The summed E-state index contributed by atoms with van der Waals surface area (Å²) in [4.78, 5) is 20.2. The number of sulfonamides is 1. The second-order valence-electron chi connectivity index (χ2n) is 8.49. The zero-order valence-electron chi connectivity index (χ0n) is 20.5. The molecule has 0 fully saturated rings. The zero-order chi connectivity index (χ0) is 26.3. The van der Waals surface area contributed by atoms with Crippen molar-refractivity contribution < 1.29 is 32.6 Å². The van der Waals surface area contributed by atoms with Crippen molar-refractivity contribution in [2.45, 2.75) is 51.2 Å². The van der Waals surface area contributed by atoms with Crippen LogP contribution in [-0.2, 0) is 19.6 Å². The Morgan fingerprint density at radius 1 is 1.20 bits per heavy atom. The predicted molar refractivity (Wildman–Crippen MR) is 132 cm³/mol. The van der Waals surface area contributed by atoms with Crippen LogP contribution in [-0.4, -0.2) is 67.2 Å². The lowest BCUT2D eigenvalue weighted by Gasteiger charge is -2.20. The van der Waals surface area contributed by atoms with E-state index in [0.717, 1.165) is 10.6 Å². The monoisotopic (exact) mass is 509 g/mol. The summed E-state index contributed by atoms with van der Waals surface area (Å²) in [6, 6.07) is 5.59. The molecule has 2 rings (SSSR count). The van der Waals surface area contributed by atoms with Gasteiger partial charge in [0.05, 0.1) is 37.0 Å². The Kier molecular flexibility index (Phi) is 9.87. The lowest BCUT2D eigenvalue weighted by Crippen LogP contribution is -2.27. The molecule has 0 bridgehead atoms. The van der Waals surface area contributed by atoms with E-state index in [1.807, 2.05) is 13.8 Å². The van der Waals surface area contributed by atoms with Gasteiger partial charge < -0.3 is 14.9 Å². The van der Waals surface area contributed by atoms with Crippen molar-refractivity contribution in [1.29, 1.82) is 0 Å². The molecule has 192 valence electrons. The average Bonchev–Trinajstić information content (AvgIpc) is 2.80. The van der Waals surface area contributed by atoms with E-state index in [-0.39, 0.29) is 31.1 Å². The number of methoxy groups -OCH3 is 1. The quantitative estimate of drug-likeness (QED) is 0.442. The molecule has 9 nitrogen and oxygen atoms in total. The van der Waals surface area contributed by atoms with Gasteiger partial charge in [0.2, 0.25) is 16.0 Å². The molecule has 2 aromatic rings. The maximum atomic E-state index is 13.6. The van der Waals surface area contributed by atoms with Crippen LogP contribution in [0.2, 0.25) is 0 Å². The van der Waals surface area contributed by atoms with E-state index in [1.54, 1.807) is 6.08 Å². The molecule has 1 aromatic carbocycles. The Morgan fingerprint density at radius 2 is 1.83 bits per heavy atom. The molecule has 0 unspecified atom stereocenters. The topological polar surface area (TPSA) is 130 Å². The normalized spacial score (nSPS) is 13.7. The predicted octanol–water partition coefficient (Wildman–Crippen LogP) is 2.88. The fraction of sp³-hybridized carbons (Fsp3) is 0.458. The molecule has 0 radical (unpaired) electrons. The number of aromatic nitrogens is 2. The van der Waals surface area contributed by atoms with E-state index < -0.39 is 34.0 Å². The average molecular weight is 510 g/mol. The number of hydrogen-bond donors (Lipinski definition) is 2. The highest BCUT2D eigenvalue weighted by atomic mass is 32.2. The van der Waals surface area contributed by atoms with Gasteiger partial charge in [-0.25, -0.2) is 27.1 Å². The number of aliphatic hydroxyl groups is 2. The number of aliphatic hydroxyl groups excluding tert-OH is 2. The third-order valence-corrected chi connectivity index (χ3v) is 6.47. The van der Waals surface area contributed by atoms with E-state index in [4.69, 9.17) is 0 Å². The van der Waals surface area contributed by atoms with Gasteiger partial charge in [0, 0.05) is 31.0 Å². The fourth-order valence-corrected chi connectivity index (χ4v) is 3.64. The Bertz CT molecular complexity index is 1150. The molecular weight excluding hydrogens is 477 g/mol. The molecule has 1 aromatic heterocycles. The van der Waals surface area contributed by atoms with Crippen molar-refractivity contribution in [3.63, 3.8) is 0 Å². The highest BCUT2D eigenvalue weighted by Gasteiger charge is 2.22. The van der Waals surface area contributed by atoms with Crippen LogP contribution < -0.4 is 4.31 Å². The Labute approximate surface area is 205 Å². The maximum Gasteiger partial charge on any atom is 0.305 e. The Balaban J connectivity index is 2.50. The first kappa shape index (κ1) is 28.3. The highest BCUT2D eigenvalue weighted by Crippen LogP contribution is 2.31. The number of rotatable bonds is 11. The summed E-state index contributed by atoms with van der Waals surface area (Å²) >= 11 is 0. The number of halogens is 1. The molecule has 0 aliphatic rings. The number of nitrogens with zero attached hydrogens (tertiary/aromatic N) is 3. The molecular formula is C24H32FN3O6S. The van der Waals surface area contributed by atoms with Crippen LogP contribution in [0, 0.1) is 5.82 Å². The minimum atomic E-state index is -3.64. The van der Waals surface area contributed by atoms with Gasteiger partial charge in [0.1, 0.15) is 5.82 Å². The maximum absolute atomic E-state index is 13.6. The minimum absolute atomic E-state index is 0.00779. The third kappa shape index (κ3) is 8.08. The van der Waals surface area contributed by atoms with Crippen molar-refractivity contribution in [3.05, 3.63) is 47.4 Å². The van der Waals surface area contributed by atoms with Gasteiger partial charge in [0.15, 0.2) is 0 Å². The lowest BCUT2D eigenvalue weighted by atomic mass is 9.97. The summed E-state index contributed by atoms with van der Waals surface area (Å²) < 4.78 is 43.3. The fourth-order valence-electron chi connectivity index (χ4n) is 3.26. The zero-order valence-corrected chi connectivity index (χ0v) is 21.3. The van der Waals surface area contributed by atoms with Gasteiger partial charge in [-0.15, -0.1) is 0 Å². The number of ether oxygens (including phenoxy) is 1. The molecule has 0 saturated heterocycles. The molecule has 2 N–H and O–H groups in total. The molecule has 0 saturated carbocycles. The van der Waals surface area contributed by atoms with Crippen LogP contribution in [0.4, 0.5) is 10.3 Å². The first-order valence-electron chi connectivity index (χ1n) is 11.1. The SMILES string of the molecule is COC(=O)CC[C@H](O)C[C@H](O)/C=C/c1c(-c2ccc(F)cc2)nc(N(C)S(C)(=O)=O)nc1C(C)C. The smallest absolute Gasteiger partial charge is 0.305 e. The van der Waals surface area contributed by atoms with Gasteiger partial charge in [-0.1, -0.05) is 26.0 Å². The Morgan fingerprint density at radius 3 is 2.37 bits per heavy atom. The van der Waals surface area contributed by atoms with Gasteiger partial charge in [-0.2, -0.15) is 0 Å². The summed E-state index contributed by atoms with van der Waals surface area (Å²) in [5, 5.41) is 20.6. The molecule has 0 amide bonds. The number of carbonyl (C=O) groups excluding carboxylic acids is 1. The van der Waals surface area contributed by atoms with E-state index in [0.29, 0.717) is 22.5 Å². The first-order chi connectivity index (χ1) is 16.3. The number of hydrogen-bond acceptors (Lipinski definition) is 8. The number of benzene rings is 1. The van der Waals surface area contributed by atoms with Crippen LogP contribution in [0.3, 0.4) is 0 Å². The van der Waals surface area contributed by atoms with Crippen LogP contribution in [0.25, 0.3) is 17.3 Å². The van der Waals surface area contributed by atoms with Crippen molar-refractivity contribution in [3.8, 4) is 11.3 Å². The van der Waals surface area contributed by atoms with Crippen LogP contribution in [0.15, 0.2) is 30.3 Å². The standard InChI is InChI=1S/C24H32FN3O6S/c1-15(2)22-20(12-10-18(29)14-19(30)11-13-21(31)34-4)23(16-6-8-17(25)9-7-16)27-24(26-22)28(3)35(5,32)33/h6-10,12,15,18-19,29-30H,11,13-14H2,1-5H3/b12-10+/t18-,19+/m1/s1. The summed E-state index contributed by atoms with van der Waals surface area (Å²) in [5.74, 6) is -1.07. The molecule has 1 heterocycles. The van der Waals surface area contributed by atoms with Gasteiger partial charge in [0.25, 0.3) is 0 Å². The highest BCUT2D eigenvalue weighted by molar-refractivity contribution is 7.92. The molecule has 35 heavy (non-hydrogen) atoms. The van der Waals surface area contributed by atoms with Crippen molar-refractivity contribution in [2.75, 3.05) is 24.7 Å². The summed E-state index contributed by atoms with van der Waals surface area (Å²) in [7, 11) is -1.03. The van der Waals surface area contributed by atoms with E-state index in [1.165, 1.54) is 44.5 Å². The lowest BCUT2D eigenvalue weighted by molar-refractivity contribution is -0.141. The molecule has 0 aliphatic heterocycles. The van der Waals surface area contributed by atoms with Crippen LogP contribution in [0.1, 0.15) is 50.3 Å². The number of carbonyl (C=O) groups is 1. The minimum Gasteiger partial charge on any atom is -0.469 e. The van der Waals surface area contributed by atoms with E-state index >= 15 is 0 Å². The molecule has 2 atom stereocenters. The van der Waals surface area contributed by atoms with Gasteiger partial charge >= 0.3 is 5.97 Å². The summed E-state index contributed by atoms with van der Waals surface area (Å²) in [6.45, 7) is 3.76. The van der Waals surface area contributed by atoms with E-state index in [9.17, 15) is 27.8 Å². The van der Waals surface area contributed by atoms with Crippen molar-refractivity contribution in [2.24, 2.45) is 0 Å². The van der Waals surface area contributed by atoms with Crippen LogP contribution in [0.5, 0.6) is 0 Å². The van der Waals surface area contributed by atoms with Crippen molar-refractivity contribution >= 4 is 28.0 Å². The van der Waals surface area contributed by atoms with Crippen molar-refractivity contribution in [1.82, 2.24) is 9.97 Å². The van der Waals surface area contributed by atoms with E-state index in [2.05, 4.69) is 14.7 Å². The molecule has 11 heteroatoms. The summed E-state index contributed by atoms with van der Waals surface area (Å²) in [5.41, 5.74) is 1.95. The van der Waals surface area contributed by atoms with Crippen LogP contribution >= 0.6 is 0 Å². The Hall–Kier alpha value is -2.89. The summed E-state index contributed by atoms with van der Waals surface area (Å²) in [6.07, 6.45) is 2.33.